The molecule has 0 aliphatic heterocycles. The summed E-state index contributed by atoms with van der Waals surface area (Å²) in [6, 6.07) is 21.5. The summed E-state index contributed by atoms with van der Waals surface area (Å²) in [5.74, 6) is 0.858. The Labute approximate surface area is 165 Å². The van der Waals surface area contributed by atoms with E-state index in [1.54, 1.807) is 23.8 Å². The molecule has 0 radical (unpaired) electrons. The molecule has 2 heterocycles. The fourth-order valence-corrected chi connectivity index (χ4v) is 3.65. The Balaban J connectivity index is 1.73. The van der Waals surface area contributed by atoms with E-state index >= 15 is 0 Å². The molecule has 0 amide bonds. The highest BCUT2D eigenvalue weighted by atomic mass is 35.5. The normalized spacial score (nSPS) is 12.1. The van der Waals surface area contributed by atoms with Gasteiger partial charge in [0.1, 0.15) is 5.76 Å². The zero-order valence-corrected chi connectivity index (χ0v) is 15.9. The van der Waals surface area contributed by atoms with Crippen molar-refractivity contribution in [1.29, 1.82) is 0 Å². The number of benzene rings is 2. The quantitative estimate of drug-likeness (QED) is 0.328. The fourth-order valence-electron chi connectivity index (χ4n) is 2.66. The third kappa shape index (κ3) is 4.27. The van der Waals surface area contributed by atoms with Gasteiger partial charge in [-0.25, -0.2) is 0 Å². The third-order valence-corrected chi connectivity index (χ3v) is 5.09. The second-order valence-electron chi connectivity index (χ2n) is 5.83. The molecule has 4 nitrogen and oxygen atoms in total. The van der Waals surface area contributed by atoms with Gasteiger partial charge in [0.25, 0.3) is 0 Å². The Morgan fingerprint density at radius 1 is 1.00 bits per heavy atom. The molecule has 0 saturated carbocycles. The highest BCUT2D eigenvalue weighted by molar-refractivity contribution is 7.07. The summed E-state index contributed by atoms with van der Waals surface area (Å²) in [6.07, 6.45) is 3.42. The van der Waals surface area contributed by atoms with Crippen LogP contribution in [0.5, 0.6) is 0 Å². The molecule has 0 unspecified atom stereocenters. The molecule has 0 aliphatic rings. The zero-order chi connectivity index (χ0) is 18.5. The summed E-state index contributed by atoms with van der Waals surface area (Å²) in [4.78, 5) is 0.795. The van der Waals surface area contributed by atoms with E-state index in [1.165, 1.54) is 0 Å². The molecule has 0 aliphatic carbocycles. The molecule has 27 heavy (non-hydrogen) atoms. The fraction of sp³-hybridized carbons (Fsp3) is 0.0476. The van der Waals surface area contributed by atoms with Crippen LogP contribution in [0.15, 0.2) is 93.0 Å². The molecule has 0 spiro atoms. The van der Waals surface area contributed by atoms with Crippen LogP contribution in [-0.4, -0.2) is 10.8 Å². The lowest BCUT2D eigenvalue weighted by atomic mass is 10.2. The number of halogens is 1. The summed E-state index contributed by atoms with van der Waals surface area (Å²) in [6.45, 7) is 0.578. The van der Waals surface area contributed by atoms with Crippen molar-refractivity contribution < 1.29 is 4.42 Å². The Morgan fingerprint density at radius 3 is 2.56 bits per heavy atom. The van der Waals surface area contributed by atoms with Crippen LogP contribution in [0.3, 0.4) is 0 Å². The van der Waals surface area contributed by atoms with Gasteiger partial charge in [-0.15, -0.1) is 16.4 Å². The van der Waals surface area contributed by atoms with Crippen LogP contribution in [0.4, 0.5) is 0 Å². The first-order chi connectivity index (χ1) is 13.3. The average molecular weight is 394 g/mol. The molecule has 2 aromatic heterocycles. The van der Waals surface area contributed by atoms with Gasteiger partial charge in [0.05, 0.1) is 24.7 Å². The predicted molar refractivity (Wildman–Crippen MR) is 110 cm³/mol. The Bertz CT molecular complexity index is 1090. The number of hydrogen-bond acceptors (Lipinski definition) is 4. The van der Waals surface area contributed by atoms with Gasteiger partial charge in [0.15, 0.2) is 0 Å². The van der Waals surface area contributed by atoms with Crippen LogP contribution >= 0.6 is 22.9 Å². The molecular weight excluding hydrogens is 378 g/mol. The predicted octanol–water partition coefficient (Wildman–Crippen LogP) is 5.45. The van der Waals surface area contributed by atoms with E-state index in [-0.39, 0.29) is 0 Å². The van der Waals surface area contributed by atoms with Gasteiger partial charge in [-0.05, 0) is 35.4 Å². The van der Waals surface area contributed by atoms with Crippen molar-refractivity contribution in [2.45, 2.75) is 6.54 Å². The molecule has 2 aromatic carbocycles. The van der Waals surface area contributed by atoms with Gasteiger partial charge < -0.3 is 8.98 Å². The van der Waals surface area contributed by atoms with Gasteiger partial charge >= 0.3 is 0 Å². The van der Waals surface area contributed by atoms with E-state index in [4.69, 9.17) is 16.0 Å². The maximum atomic E-state index is 6.03. The lowest BCUT2D eigenvalue weighted by Gasteiger charge is -2.07. The molecule has 4 rings (SSSR count). The van der Waals surface area contributed by atoms with Gasteiger partial charge in [-0.1, -0.05) is 54.1 Å². The molecule has 0 bridgehead atoms. The maximum absolute atomic E-state index is 6.03. The van der Waals surface area contributed by atoms with Crippen LogP contribution in [0.2, 0.25) is 5.02 Å². The lowest BCUT2D eigenvalue weighted by Crippen LogP contribution is -2.16. The van der Waals surface area contributed by atoms with E-state index in [9.17, 15) is 0 Å². The average Bonchev–Trinajstić information content (AvgIpc) is 3.34. The second-order valence-corrected chi connectivity index (χ2v) is 7.10. The minimum Gasteiger partial charge on any atom is -0.467 e. The van der Waals surface area contributed by atoms with Crippen LogP contribution in [0.25, 0.3) is 11.3 Å². The third-order valence-electron chi connectivity index (χ3n) is 3.98. The smallest absolute Gasteiger partial charge is 0.211 e. The number of thiazole rings is 1. The molecule has 0 N–H and O–H groups in total. The van der Waals surface area contributed by atoms with E-state index in [1.807, 2.05) is 66.7 Å². The summed E-state index contributed by atoms with van der Waals surface area (Å²) >= 11 is 7.57. The SMILES string of the molecule is Clc1ccc(-c2cs/c(=N/N=C\c3ccccc3)n2Cc2ccco2)cc1. The Hall–Kier alpha value is -2.89. The first-order valence-corrected chi connectivity index (χ1v) is 9.64. The van der Waals surface area contributed by atoms with E-state index in [2.05, 4.69) is 20.1 Å². The largest absolute Gasteiger partial charge is 0.467 e. The topological polar surface area (TPSA) is 42.8 Å². The number of rotatable bonds is 5. The van der Waals surface area contributed by atoms with Crippen molar-refractivity contribution >= 4 is 29.2 Å². The number of hydrogen-bond donors (Lipinski definition) is 0. The maximum Gasteiger partial charge on any atom is 0.211 e. The molecule has 4 aromatic rings. The van der Waals surface area contributed by atoms with Crippen molar-refractivity contribution in [2.75, 3.05) is 0 Å². The minimum atomic E-state index is 0.578. The van der Waals surface area contributed by atoms with Crippen molar-refractivity contribution in [3.8, 4) is 11.3 Å². The Kier molecular flexibility index (Phi) is 5.32. The highest BCUT2D eigenvalue weighted by Crippen LogP contribution is 2.23. The Morgan fingerprint density at radius 2 is 1.81 bits per heavy atom. The highest BCUT2D eigenvalue weighted by Gasteiger charge is 2.10. The summed E-state index contributed by atoms with van der Waals surface area (Å²) in [5, 5.41) is 11.5. The molecule has 0 atom stereocenters. The first-order valence-electron chi connectivity index (χ1n) is 8.38. The van der Waals surface area contributed by atoms with Crippen LogP contribution in [0, 0.1) is 0 Å². The van der Waals surface area contributed by atoms with E-state index in [0.29, 0.717) is 11.6 Å². The van der Waals surface area contributed by atoms with Crippen LogP contribution in [0.1, 0.15) is 11.3 Å². The van der Waals surface area contributed by atoms with Gasteiger partial charge in [-0.3, -0.25) is 0 Å². The molecular formula is C21H16ClN3OS. The van der Waals surface area contributed by atoms with Gasteiger partial charge in [0, 0.05) is 10.4 Å². The second kappa shape index (κ2) is 8.20. The van der Waals surface area contributed by atoms with Gasteiger partial charge in [-0.2, -0.15) is 5.10 Å². The summed E-state index contributed by atoms with van der Waals surface area (Å²) < 4.78 is 7.62. The van der Waals surface area contributed by atoms with E-state index in [0.717, 1.165) is 27.4 Å². The molecule has 0 fully saturated rings. The standard InChI is InChI=1S/C21H16ClN3OS/c22-18-10-8-17(9-11-18)20-15-27-21(25(20)14-19-7-4-12-26-19)24-23-13-16-5-2-1-3-6-16/h1-13,15H,14H2/b23-13-,24-21+. The van der Waals surface area contributed by atoms with Crippen molar-refractivity contribution in [1.82, 2.24) is 4.57 Å². The molecule has 134 valence electrons. The van der Waals surface area contributed by atoms with Crippen LogP contribution < -0.4 is 4.80 Å². The van der Waals surface area contributed by atoms with Crippen molar-refractivity contribution in [2.24, 2.45) is 10.2 Å². The van der Waals surface area contributed by atoms with Crippen LogP contribution in [-0.2, 0) is 6.54 Å². The number of furan rings is 1. The van der Waals surface area contributed by atoms with Gasteiger partial charge in [0.2, 0.25) is 4.80 Å². The molecule has 6 heteroatoms. The zero-order valence-electron chi connectivity index (χ0n) is 14.3. The van der Waals surface area contributed by atoms with Crippen molar-refractivity contribution in [3.05, 3.63) is 99.5 Å². The number of nitrogens with zero attached hydrogens (tertiary/aromatic N) is 3. The molecule has 0 saturated heterocycles. The minimum absolute atomic E-state index is 0.578. The summed E-state index contributed by atoms with van der Waals surface area (Å²) in [7, 11) is 0. The summed E-state index contributed by atoms with van der Waals surface area (Å²) in [5.41, 5.74) is 3.12. The number of aromatic nitrogens is 1. The van der Waals surface area contributed by atoms with Crippen molar-refractivity contribution in [3.63, 3.8) is 0 Å². The monoisotopic (exact) mass is 393 g/mol. The van der Waals surface area contributed by atoms with E-state index < -0.39 is 0 Å². The lowest BCUT2D eigenvalue weighted by molar-refractivity contribution is 0.491. The first kappa shape index (κ1) is 17.5.